The first-order valence-corrected chi connectivity index (χ1v) is 5.73. The lowest BCUT2D eigenvalue weighted by Gasteiger charge is -2.19. The van der Waals surface area contributed by atoms with Crippen LogP contribution in [0.1, 0.15) is 19.3 Å². The molecule has 0 aromatic heterocycles. The molecule has 0 radical (unpaired) electrons. The summed E-state index contributed by atoms with van der Waals surface area (Å²) in [5, 5.41) is 8.02. The third-order valence-corrected chi connectivity index (χ3v) is 3.03. The van der Waals surface area contributed by atoms with Crippen LogP contribution >= 0.6 is 0 Å². The van der Waals surface area contributed by atoms with E-state index < -0.39 is 6.04 Å². The number of nitrogens with one attached hydrogen (secondary N) is 3. The quantitative estimate of drug-likeness (QED) is 0.596. The molecule has 0 spiro atoms. The zero-order valence-electron chi connectivity index (χ0n) is 9.16. The van der Waals surface area contributed by atoms with Gasteiger partial charge in [0.1, 0.15) is 6.04 Å². The minimum atomic E-state index is -0.411. The molecule has 5 heteroatoms. The molecule has 0 bridgehead atoms. The molecule has 1 aliphatic heterocycles. The molecule has 0 saturated carbocycles. The molecule has 5 nitrogen and oxygen atoms in total. The smallest absolute Gasteiger partial charge is 0.315 e. The molecule has 1 heterocycles. The fraction of sp³-hybridized carbons (Fsp3) is 0.636. The zero-order valence-corrected chi connectivity index (χ0v) is 9.16. The van der Waals surface area contributed by atoms with Crippen molar-refractivity contribution in [2.75, 3.05) is 13.1 Å². The van der Waals surface area contributed by atoms with Gasteiger partial charge in [0, 0.05) is 13.1 Å². The van der Waals surface area contributed by atoms with Crippen LogP contribution in [0, 0.1) is 5.92 Å². The van der Waals surface area contributed by atoms with Crippen LogP contribution in [0.25, 0.3) is 0 Å². The maximum Gasteiger partial charge on any atom is 0.315 e. The largest absolute Gasteiger partial charge is 0.354 e. The van der Waals surface area contributed by atoms with Crippen LogP contribution < -0.4 is 16.0 Å². The molecule has 1 saturated heterocycles. The topological polar surface area (TPSA) is 70.2 Å². The van der Waals surface area contributed by atoms with Crippen molar-refractivity contribution >= 4 is 11.9 Å². The van der Waals surface area contributed by atoms with Gasteiger partial charge in [0.25, 0.3) is 0 Å². The van der Waals surface area contributed by atoms with Crippen molar-refractivity contribution in [1.29, 1.82) is 0 Å². The summed E-state index contributed by atoms with van der Waals surface area (Å²) in [6.07, 6.45) is 7.61. The monoisotopic (exact) mass is 223 g/mol. The van der Waals surface area contributed by atoms with Gasteiger partial charge in [-0.1, -0.05) is 12.2 Å². The summed E-state index contributed by atoms with van der Waals surface area (Å²) < 4.78 is 0. The van der Waals surface area contributed by atoms with Crippen molar-refractivity contribution < 1.29 is 9.59 Å². The maximum absolute atomic E-state index is 11.6. The van der Waals surface area contributed by atoms with Crippen molar-refractivity contribution in [2.45, 2.75) is 25.3 Å². The van der Waals surface area contributed by atoms with Crippen LogP contribution in [0.15, 0.2) is 12.2 Å². The minimum absolute atomic E-state index is 0.0899. The van der Waals surface area contributed by atoms with Gasteiger partial charge in [-0.25, -0.2) is 4.79 Å². The molecule has 1 aliphatic carbocycles. The summed E-state index contributed by atoms with van der Waals surface area (Å²) in [6.45, 7) is 1.09. The van der Waals surface area contributed by atoms with E-state index in [0.717, 1.165) is 19.3 Å². The molecule has 0 unspecified atom stereocenters. The van der Waals surface area contributed by atoms with Crippen LogP contribution in [-0.4, -0.2) is 31.1 Å². The first kappa shape index (κ1) is 11.0. The standard InChI is InChI=1S/C11H17N3O2/c15-10(9-7-13-11(16)14-9)12-6-8-4-2-1-3-5-8/h1-2,8-9H,3-7H2,(H,12,15)(H2,13,14,16)/t8-,9-/m0/s1. The third-order valence-electron chi connectivity index (χ3n) is 3.03. The molecular weight excluding hydrogens is 206 g/mol. The predicted molar refractivity (Wildman–Crippen MR) is 59.8 cm³/mol. The number of amides is 3. The Kier molecular flexibility index (Phi) is 3.44. The van der Waals surface area contributed by atoms with E-state index in [-0.39, 0.29) is 11.9 Å². The Morgan fingerprint density at radius 2 is 2.38 bits per heavy atom. The van der Waals surface area contributed by atoms with E-state index in [1.54, 1.807) is 0 Å². The number of urea groups is 1. The average Bonchev–Trinajstić information content (AvgIpc) is 2.74. The number of hydrogen-bond donors (Lipinski definition) is 3. The van der Waals surface area contributed by atoms with Crippen LogP contribution in [-0.2, 0) is 4.79 Å². The molecule has 0 aromatic carbocycles. The maximum atomic E-state index is 11.6. The fourth-order valence-electron chi connectivity index (χ4n) is 2.02. The summed E-state index contributed by atoms with van der Waals surface area (Å²) in [7, 11) is 0. The van der Waals surface area contributed by atoms with Gasteiger partial charge in [0.2, 0.25) is 5.91 Å². The average molecular weight is 223 g/mol. The summed E-state index contributed by atoms with van der Waals surface area (Å²) in [5.41, 5.74) is 0. The predicted octanol–water partition coefficient (Wildman–Crippen LogP) is 0.140. The Bertz CT molecular complexity index is 314. The second-order valence-corrected chi connectivity index (χ2v) is 4.30. The number of carbonyl (C=O) groups is 2. The second kappa shape index (κ2) is 5.01. The van der Waals surface area contributed by atoms with Crippen molar-refractivity contribution in [1.82, 2.24) is 16.0 Å². The molecule has 88 valence electrons. The van der Waals surface area contributed by atoms with Gasteiger partial charge < -0.3 is 16.0 Å². The van der Waals surface area contributed by atoms with Gasteiger partial charge >= 0.3 is 6.03 Å². The van der Waals surface area contributed by atoms with Crippen LogP contribution in [0.4, 0.5) is 4.79 Å². The molecule has 1 fully saturated rings. The summed E-state index contributed by atoms with van der Waals surface area (Å²) in [4.78, 5) is 22.5. The first-order valence-electron chi connectivity index (χ1n) is 5.73. The Morgan fingerprint density at radius 1 is 1.50 bits per heavy atom. The number of allylic oxidation sites excluding steroid dienone is 2. The van der Waals surface area contributed by atoms with E-state index in [1.165, 1.54) is 0 Å². The van der Waals surface area contributed by atoms with Crippen molar-refractivity contribution in [3.05, 3.63) is 12.2 Å². The SMILES string of the molecule is O=C1NC[C@@H](C(=O)NC[C@H]2CC=CCC2)N1. The van der Waals surface area contributed by atoms with E-state index >= 15 is 0 Å². The van der Waals surface area contributed by atoms with Crippen LogP contribution in [0.5, 0.6) is 0 Å². The van der Waals surface area contributed by atoms with Gasteiger partial charge in [-0.05, 0) is 25.2 Å². The minimum Gasteiger partial charge on any atom is -0.354 e. The fourth-order valence-corrected chi connectivity index (χ4v) is 2.02. The van der Waals surface area contributed by atoms with Crippen LogP contribution in [0.3, 0.4) is 0 Å². The van der Waals surface area contributed by atoms with Gasteiger partial charge in [0.15, 0.2) is 0 Å². The summed E-state index contributed by atoms with van der Waals surface area (Å²) >= 11 is 0. The lowest BCUT2D eigenvalue weighted by Crippen LogP contribution is -2.44. The van der Waals surface area contributed by atoms with Gasteiger partial charge in [-0.2, -0.15) is 0 Å². The van der Waals surface area contributed by atoms with Gasteiger partial charge in [-0.15, -0.1) is 0 Å². The third kappa shape index (κ3) is 2.74. The Hall–Kier alpha value is -1.52. The lowest BCUT2D eigenvalue weighted by molar-refractivity contribution is -0.122. The molecular formula is C11H17N3O2. The molecule has 2 aliphatic rings. The Labute approximate surface area is 94.7 Å². The van der Waals surface area contributed by atoms with Gasteiger partial charge in [-0.3, -0.25) is 4.79 Å². The molecule has 0 aromatic rings. The van der Waals surface area contributed by atoms with E-state index in [0.29, 0.717) is 19.0 Å². The highest BCUT2D eigenvalue weighted by Gasteiger charge is 2.26. The molecule has 16 heavy (non-hydrogen) atoms. The van der Waals surface area contributed by atoms with Crippen molar-refractivity contribution in [2.24, 2.45) is 5.92 Å². The summed E-state index contributed by atoms with van der Waals surface area (Å²) in [5.74, 6) is 0.451. The molecule has 2 rings (SSSR count). The molecule has 3 amide bonds. The molecule has 2 atom stereocenters. The number of rotatable bonds is 3. The van der Waals surface area contributed by atoms with Crippen LogP contribution in [0.2, 0.25) is 0 Å². The van der Waals surface area contributed by atoms with Crippen molar-refractivity contribution in [3.63, 3.8) is 0 Å². The van der Waals surface area contributed by atoms with E-state index in [1.807, 2.05) is 0 Å². The molecule has 3 N–H and O–H groups in total. The van der Waals surface area contributed by atoms with E-state index in [4.69, 9.17) is 0 Å². The normalized spacial score (nSPS) is 28.4. The highest BCUT2D eigenvalue weighted by Crippen LogP contribution is 2.16. The number of hydrogen-bond acceptors (Lipinski definition) is 2. The zero-order chi connectivity index (χ0) is 11.4. The highest BCUT2D eigenvalue weighted by molar-refractivity contribution is 5.90. The second-order valence-electron chi connectivity index (χ2n) is 4.30. The Balaban J connectivity index is 1.71. The van der Waals surface area contributed by atoms with Crippen molar-refractivity contribution in [3.8, 4) is 0 Å². The first-order chi connectivity index (χ1) is 7.75. The number of carbonyl (C=O) groups excluding carboxylic acids is 2. The Morgan fingerprint density at radius 3 is 3.00 bits per heavy atom. The van der Waals surface area contributed by atoms with E-state index in [2.05, 4.69) is 28.1 Å². The summed E-state index contributed by atoms with van der Waals surface area (Å²) in [6, 6.07) is -0.674. The lowest BCUT2D eigenvalue weighted by atomic mass is 9.94. The van der Waals surface area contributed by atoms with E-state index in [9.17, 15) is 9.59 Å². The highest BCUT2D eigenvalue weighted by atomic mass is 16.2. The van der Waals surface area contributed by atoms with Gasteiger partial charge in [0.05, 0.1) is 0 Å².